The molecule has 1 aromatic carbocycles. The maximum atomic E-state index is 11.9. The molecule has 0 saturated heterocycles. The first kappa shape index (κ1) is 14.3. The van der Waals surface area contributed by atoms with E-state index in [4.69, 9.17) is 11.6 Å². The molecule has 0 aliphatic heterocycles. The normalized spacial score (nSPS) is 9.90. The molecule has 0 bridgehead atoms. The van der Waals surface area contributed by atoms with Gasteiger partial charge in [-0.2, -0.15) is 5.10 Å². The summed E-state index contributed by atoms with van der Waals surface area (Å²) in [7, 11) is 0. The summed E-state index contributed by atoms with van der Waals surface area (Å²) in [6, 6.07) is 10.3. The second kappa shape index (κ2) is 6.88. The lowest BCUT2D eigenvalue weighted by Crippen LogP contribution is -2.21. The van der Waals surface area contributed by atoms with Crippen molar-refractivity contribution in [3.63, 3.8) is 0 Å². The SMILES string of the molecule is O=c1ccc(-c2ccc(Cl)cc2)nn1CC#CCCF. The molecule has 0 aliphatic rings. The fourth-order valence-electron chi connectivity index (χ4n) is 1.60. The summed E-state index contributed by atoms with van der Waals surface area (Å²) < 4.78 is 13.2. The number of benzene rings is 1. The van der Waals surface area contributed by atoms with Crippen molar-refractivity contribution in [3.05, 3.63) is 51.8 Å². The highest BCUT2D eigenvalue weighted by Crippen LogP contribution is 2.18. The Morgan fingerprint density at radius 2 is 1.90 bits per heavy atom. The quantitative estimate of drug-likeness (QED) is 0.815. The molecule has 0 atom stereocenters. The molecule has 0 unspecified atom stereocenters. The minimum Gasteiger partial charge on any atom is -0.268 e. The first-order chi connectivity index (χ1) is 9.70. The Morgan fingerprint density at radius 3 is 2.60 bits per heavy atom. The number of hydrogen-bond acceptors (Lipinski definition) is 2. The molecule has 0 N–H and O–H groups in total. The minimum absolute atomic E-state index is 0.153. The lowest BCUT2D eigenvalue weighted by molar-refractivity contribution is 0.505. The minimum atomic E-state index is -0.486. The molecule has 0 aliphatic carbocycles. The van der Waals surface area contributed by atoms with Crippen molar-refractivity contribution in [1.82, 2.24) is 9.78 Å². The van der Waals surface area contributed by atoms with Crippen LogP contribution in [0.1, 0.15) is 6.42 Å². The molecular weight excluding hydrogens is 279 g/mol. The molecule has 102 valence electrons. The largest absolute Gasteiger partial charge is 0.268 e. The molecule has 3 nitrogen and oxygen atoms in total. The summed E-state index contributed by atoms with van der Waals surface area (Å²) in [6.07, 6.45) is 0.172. The third-order valence-electron chi connectivity index (χ3n) is 2.58. The van der Waals surface area contributed by atoms with Crippen LogP contribution in [0.15, 0.2) is 41.2 Å². The molecule has 2 aromatic rings. The highest BCUT2D eigenvalue weighted by atomic mass is 35.5. The lowest BCUT2D eigenvalue weighted by Gasteiger charge is -2.04. The second-order valence-electron chi connectivity index (χ2n) is 4.01. The molecule has 0 radical (unpaired) electrons. The van der Waals surface area contributed by atoms with Crippen molar-refractivity contribution < 1.29 is 4.39 Å². The number of halogens is 2. The van der Waals surface area contributed by atoms with Crippen LogP contribution in [0.4, 0.5) is 4.39 Å². The Hall–Kier alpha value is -2.12. The average Bonchev–Trinajstić information content (AvgIpc) is 2.46. The molecule has 1 heterocycles. The van der Waals surface area contributed by atoms with Crippen molar-refractivity contribution in [3.8, 4) is 23.1 Å². The molecule has 0 fully saturated rings. The molecular formula is C15H12ClFN2O. The van der Waals surface area contributed by atoms with Crippen molar-refractivity contribution in [2.24, 2.45) is 0 Å². The van der Waals surface area contributed by atoms with E-state index in [2.05, 4.69) is 16.9 Å². The van der Waals surface area contributed by atoms with Gasteiger partial charge in [-0.15, -0.1) is 0 Å². The first-order valence-electron chi connectivity index (χ1n) is 6.06. The van der Waals surface area contributed by atoms with Crippen LogP contribution >= 0.6 is 11.6 Å². The van der Waals surface area contributed by atoms with Crippen LogP contribution in [-0.4, -0.2) is 16.5 Å². The Bertz CT molecular complexity index is 698. The van der Waals surface area contributed by atoms with Gasteiger partial charge in [-0.1, -0.05) is 35.6 Å². The predicted octanol–water partition coefficient (Wildman–Crippen LogP) is 2.93. The van der Waals surface area contributed by atoms with Crippen molar-refractivity contribution in [2.45, 2.75) is 13.0 Å². The average molecular weight is 291 g/mol. The number of alkyl halides is 1. The van der Waals surface area contributed by atoms with Crippen LogP contribution in [0.3, 0.4) is 0 Å². The molecule has 2 rings (SSSR count). The Labute approximate surface area is 121 Å². The van der Waals surface area contributed by atoms with E-state index < -0.39 is 6.67 Å². The van der Waals surface area contributed by atoms with Crippen LogP contribution in [0.25, 0.3) is 11.3 Å². The van der Waals surface area contributed by atoms with Crippen molar-refractivity contribution in [1.29, 1.82) is 0 Å². The van der Waals surface area contributed by atoms with Gasteiger partial charge < -0.3 is 0 Å². The summed E-state index contributed by atoms with van der Waals surface area (Å²) >= 11 is 5.83. The number of nitrogens with zero attached hydrogens (tertiary/aromatic N) is 2. The molecule has 0 amide bonds. The maximum absolute atomic E-state index is 11.9. The van der Waals surface area contributed by atoms with E-state index in [1.54, 1.807) is 18.2 Å². The van der Waals surface area contributed by atoms with E-state index in [1.807, 2.05) is 12.1 Å². The smallest absolute Gasteiger partial charge is 0.267 e. The Morgan fingerprint density at radius 1 is 1.15 bits per heavy atom. The monoisotopic (exact) mass is 290 g/mol. The summed E-state index contributed by atoms with van der Waals surface area (Å²) in [5.41, 5.74) is 1.28. The van der Waals surface area contributed by atoms with Gasteiger partial charge in [0.05, 0.1) is 5.69 Å². The molecule has 1 aromatic heterocycles. The fourth-order valence-corrected chi connectivity index (χ4v) is 1.73. The van der Waals surface area contributed by atoms with Gasteiger partial charge in [-0.05, 0) is 18.2 Å². The van der Waals surface area contributed by atoms with E-state index in [9.17, 15) is 9.18 Å². The maximum Gasteiger partial charge on any atom is 0.267 e. The van der Waals surface area contributed by atoms with E-state index in [0.29, 0.717) is 10.7 Å². The first-order valence-corrected chi connectivity index (χ1v) is 6.44. The van der Waals surface area contributed by atoms with Gasteiger partial charge in [-0.25, -0.2) is 4.68 Å². The summed E-state index contributed by atoms with van der Waals surface area (Å²) in [4.78, 5) is 11.7. The summed E-state index contributed by atoms with van der Waals surface area (Å²) in [5.74, 6) is 5.36. The van der Waals surface area contributed by atoms with Crippen LogP contribution in [0.2, 0.25) is 5.02 Å². The molecule has 0 saturated carbocycles. The second-order valence-corrected chi connectivity index (χ2v) is 4.45. The number of aromatic nitrogens is 2. The number of rotatable bonds is 3. The van der Waals surface area contributed by atoms with Gasteiger partial charge in [0.25, 0.3) is 5.56 Å². The summed E-state index contributed by atoms with van der Waals surface area (Å²) in [5, 5.41) is 4.87. The van der Waals surface area contributed by atoms with Gasteiger partial charge in [0.1, 0.15) is 13.2 Å². The van der Waals surface area contributed by atoms with Gasteiger partial charge in [0, 0.05) is 23.1 Å². The van der Waals surface area contributed by atoms with Crippen LogP contribution in [0.5, 0.6) is 0 Å². The van der Waals surface area contributed by atoms with Crippen LogP contribution in [0, 0.1) is 11.8 Å². The van der Waals surface area contributed by atoms with E-state index in [0.717, 1.165) is 5.56 Å². The highest BCUT2D eigenvalue weighted by Gasteiger charge is 2.02. The van der Waals surface area contributed by atoms with E-state index in [1.165, 1.54) is 10.7 Å². The fraction of sp³-hybridized carbons (Fsp3) is 0.200. The Balaban J connectivity index is 2.27. The zero-order chi connectivity index (χ0) is 14.4. The highest BCUT2D eigenvalue weighted by molar-refractivity contribution is 6.30. The third kappa shape index (κ3) is 3.69. The van der Waals surface area contributed by atoms with E-state index in [-0.39, 0.29) is 18.5 Å². The van der Waals surface area contributed by atoms with E-state index >= 15 is 0 Å². The third-order valence-corrected chi connectivity index (χ3v) is 2.83. The van der Waals surface area contributed by atoms with Crippen LogP contribution in [-0.2, 0) is 6.54 Å². The van der Waals surface area contributed by atoms with Crippen LogP contribution < -0.4 is 5.56 Å². The lowest BCUT2D eigenvalue weighted by atomic mass is 10.1. The number of hydrogen-bond donors (Lipinski definition) is 0. The van der Waals surface area contributed by atoms with Gasteiger partial charge in [0.2, 0.25) is 0 Å². The van der Waals surface area contributed by atoms with Crippen molar-refractivity contribution >= 4 is 11.6 Å². The zero-order valence-electron chi connectivity index (χ0n) is 10.6. The molecule has 5 heteroatoms. The van der Waals surface area contributed by atoms with Gasteiger partial charge >= 0.3 is 0 Å². The van der Waals surface area contributed by atoms with Gasteiger partial charge in [0.15, 0.2) is 0 Å². The topological polar surface area (TPSA) is 34.9 Å². The summed E-state index contributed by atoms with van der Waals surface area (Å²) in [6.45, 7) is -0.333. The Kier molecular flexibility index (Phi) is 4.91. The standard InChI is InChI=1S/C15H12ClFN2O/c16-13-6-4-12(5-7-13)14-8-9-15(20)19(18-14)11-3-1-2-10-17/h4-9H,2,10-11H2. The van der Waals surface area contributed by atoms with Crippen molar-refractivity contribution in [2.75, 3.05) is 6.67 Å². The zero-order valence-corrected chi connectivity index (χ0v) is 11.4. The molecule has 20 heavy (non-hydrogen) atoms. The van der Waals surface area contributed by atoms with Gasteiger partial charge in [-0.3, -0.25) is 9.18 Å². The molecule has 0 spiro atoms. The predicted molar refractivity (Wildman–Crippen MR) is 77.3 cm³/mol.